The van der Waals surface area contributed by atoms with Crippen LogP contribution in [0.5, 0.6) is 0 Å². The largest absolute Gasteiger partial charge is 0.397 e. The van der Waals surface area contributed by atoms with Crippen molar-refractivity contribution in [1.29, 1.82) is 0 Å². The van der Waals surface area contributed by atoms with Gasteiger partial charge in [0, 0.05) is 5.69 Å². The van der Waals surface area contributed by atoms with E-state index in [4.69, 9.17) is 0 Å². The van der Waals surface area contributed by atoms with Crippen molar-refractivity contribution in [2.45, 2.75) is 12.6 Å². The van der Waals surface area contributed by atoms with Crippen LogP contribution in [0.1, 0.15) is 6.42 Å². The molecule has 2 aromatic rings. The highest BCUT2D eigenvalue weighted by Gasteiger charge is 2.31. The molecule has 0 atom stereocenters. The van der Waals surface area contributed by atoms with Crippen molar-refractivity contribution in [2.75, 3.05) is 5.32 Å². The van der Waals surface area contributed by atoms with Gasteiger partial charge in [-0.2, -0.15) is 13.2 Å². The second-order valence-electron chi connectivity index (χ2n) is 3.90. The number of nitrogens with one attached hydrogen (secondary N) is 1. The topological polar surface area (TPSA) is 29.1 Å². The lowest BCUT2D eigenvalue weighted by atomic mass is 10.1. The second kappa shape index (κ2) is 4.68. The van der Waals surface area contributed by atoms with E-state index in [2.05, 4.69) is 5.32 Å². The zero-order valence-electron chi connectivity index (χ0n) is 9.29. The SMILES string of the molecule is O=C(CC(F)(F)F)Nc1ccc2ccccc2c1. The number of hydrogen-bond donors (Lipinski definition) is 1. The van der Waals surface area contributed by atoms with E-state index in [0.29, 0.717) is 5.69 Å². The van der Waals surface area contributed by atoms with Gasteiger partial charge in [-0.15, -0.1) is 0 Å². The van der Waals surface area contributed by atoms with E-state index in [1.807, 2.05) is 24.3 Å². The van der Waals surface area contributed by atoms with Gasteiger partial charge in [0.25, 0.3) is 0 Å². The predicted molar refractivity (Wildman–Crippen MR) is 63.2 cm³/mol. The summed E-state index contributed by atoms with van der Waals surface area (Å²) in [4.78, 5) is 11.1. The molecule has 0 radical (unpaired) electrons. The lowest BCUT2D eigenvalue weighted by Gasteiger charge is -2.08. The molecule has 0 heterocycles. The van der Waals surface area contributed by atoms with Gasteiger partial charge >= 0.3 is 6.18 Å². The molecule has 0 spiro atoms. The maximum atomic E-state index is 12.0. The molecule has 5 heteroatoms. The van der Waals surface area contributed by atoms with Crippen molar-refractivity contribution in [1.82, 2.24) is 0 Å². The fourth-order valence-corrected chi connectivity index (χ4v) is 1.65. The zero-order valence-corrected chi connectivity index (χ0v) is 9.29. The minimum absolute atomic E-state index is 0.364. The van der Waals surface area contributed by atoms with Crippen molar-refractivity contribution < 1.29 is 18.0 Å². The van der Waals surface area contributed by atoms with Crippen molar-refractivity contribution in [3.63, 3.8) is 0 Å². The van der Waals surface area contributed by atoms with Crippen LogP contribution in [-0.2, 0) is 4.79 Å². The average molecular weight is 253 g/mol. The molecule has 18 heavy (non-hydrogen) atoms. The van der Waals surface area contributed by atoms with Gasteiger partial charge in [-0.25, -0.2) is 0 Å². The Kier molecular flexibility index (Phi) is 3.23. The van der Waals surface area contributed by atoms with E-state index in [-0.39, 0.29) is 0 Å². The lowest BCUT2D eigenvalue weighted by molar-refractivity contribution is -0.150. The van der Waals surface area contributed by atoms with Gasteiger partial charge in [0.05, 0.1) is 0 Å². The summed E-state index contributed by atoms with van der Waals surface area (Å²) in [6, 6.07) is 12.4. The molecule has 0 aliphatic rings. The molecule has 0 aliphatic heterocycles. The van der Waals surface area contributed by atoms with Crippen LogP contribution in [0.3, 0.4) is 0 Å². The molecule has 0 aromatic heterocycles. The quantitative estimate of drug-likeness (QED) is 0.868. The first kappa shape index (κ1) is 12.4. The van der Waals surface area contributed by atoms with Gasteiger partial charge < -0.3 is 5.32 Å². The number of rotatable bonds is 2. The predicted octanol–water partition coefficient (Wildman–Crippen LogP) is 3.73. The number of carbonyl (C=O) groups is 1. The van der Waals surface area contributed by atoms with E-state index >= 15 is 0 Å². The average Bonchev–Trinajstić information content (AvgIpc) is 2.26. The third kappa shape index (κ3) is 3.23. The highest BCUT2D eigenvalue weighted by Crippen LogP contribution is 2.22. The van der Waals surface area contributed by atoms with Crippen LogP contribution in [0, 0.1) is 0 Å². The maximum Gasteiger partial charge on any atom is 0.397 e. The van der Waals surface area contributed by atoms with Crippen molar-refractivity contribution in [3.05, 3.63) is 42.5 Å². The van der Waals surface area contributed by atoms with E-state index in [1.54, 1.807) is 18.2 Å². The smallest absolute Gasteiger partial charge is 0.326 e. The molecule has 0 fully saturated rings. The van der Waals surface area contributed by atoms with Crippen LogP contribution < -0.4 is 5.32 Å². The molecule has 94 valence electrons. The molecule has 0 unspecified atom stereocenters. The summed E-state index contributed by atoms with van der Waals surface area (Å²) >= 11 is 0. The first-order valence-electron chi connectivity index (χ1n) is 5.29. The molecule has 0 saturated carbocycles. The van der Waals surface area contributed by atoms with Crippen LogP contribution in [0.15, 0.2) is 42.5 Å². The lowest BCUT2D eigenvalue weighted by Crippen LogP contribution is -2.21. The Morgan fingerprint density at radius 1 is 1.06 bits per heavy atom. The van der Waals surface area contributed by atoms with Gasteiger partial charge in [-0.1, -0.05) is 30.3 Å². The Morgan fingerprint density at radius 3 is 2.39 bits per heavy atom. The van der Waals surface area contributed by atoms with E-state index < -0.39 is 18.5 Å². The number of hydrogen-bond acceptors (Lipinski definition) is 1. The molecule has 2 aromatic carbocycles. The number of fused-ring (bicyclic) bond motifs is 1. The Labute approximate surface area is 101 Å². The van der Waals surface area contributed by atoms with Gasteiger partial charge in [0.1, 0.15) is 6.42 Å². The molecule has 0 saturated heterocycles. The molecule has 1 N–H and O–H groups in total. The van der Waals surface area contributed by atoms with Gasteiger partial charge in [-0.05, 0) is 22.9 Å². The normalized spacial score (nSPS) is 11.5. The zero-order chi connectivity index (χ0) is 13.2. The number of halogens is 3. The van der Waals surface area contributed by atoms with Gasteiger partial charge in [-0.3, -0.25) is 4.79 Å². The Hall–Kier alpha value is -2.04. The van der Waals surface area contributed by atoms with Crippen LogP contribution in [0.2, 0.25) is 0 Å². The van der Waals surface area contributed by atoms with Crippen LogP contribution >= 0.6 is 0 Å². The monoisotopic (exact) mass is 253 g/mol. The number of anilines is 1. The van der Waals surface area contributed by atoms with Crippen LogP contribution in [0.4, 0.5) is 18.9 Å². The maximum absolute atomic E-state index is 12.0. The third-order valence-electron chi connectivity index (χ3n) is 2.39. The van der Waals surface area contributed by atoms with Crippen LogP contribution in [0.25, 0.3) is 10.8 Å². The summed E-state index contributed by atoms with van der Waals surface area (Å²) < 4.78 is 36.0. The second-order valence-corrected chi connectivity index (χ2v) is 3.90. The number of benzene rings is 2. The Morgan fingerprint density at radius 2 is 1.72 bits per heavy atom. The summed E-state index contributed by atoms with van der Waals surface area (Å²) in [6.45, 7) is 0. The highest BCUT2D eigenvalue weighted by atomic mass is 19.4. The van der Waals surface area contributed by atoms with Gasteiger partial charge in [0.2, 0.25) is 5.91 Å². The van der Waals surface area contributed by atoms with Crippen LogP contribution in [-0.4, -0.2) is 12.1 Å². The molecule has 2 rings (SSSR count). The molecule has 2 nitrogen and oxygen atoms in total. The third-order valence-corrected chi connectivity index (χ3v) is 2.39. The summed E-state index contributed by atoms with van der Waals surface area (Å²) in [5, 5.41) is 4.06. The Balaban J connectivity index is 2.15. The summed E-state index contributed by atoms with van der Waals surface area (Å²) in [7, 11) is 0. The van der Waals surface area contributed by atoms with E-state index in [0.717, 1.165) is 10.8 Å². The van der Waals surface area contributed by atoms with E-state index in [9.17, 15) is 18.0 Å². The van der Waals surface area contributed by atoms with Crippen molar-refractivity contribution in [2.24, 2.45) is 0 Å². The first-order valence-corrected chi connectivity index (χ1v) is 5.29. The van der Waals surface area contributed by atoms with E-state index in [1.165, 1.54) is 0 Å². The standard InChI is InChI=1S/C13H10F3NO/c14-13(15,16)8-12(18)17-11-6-5-9-3-1-2-4-10(9)7-11/h1-7H,8H2,(H,17,18). The van der Waals surface area contributed by atoms with Crippen molar-refractivity contribution >= 4 is 22.4 Å². The fourth-order valence-electron chi connectivity index (χ4n) is 1.65. The number of carbonyl (C=O) groups excluding carboxylic acids is 1. The molecule has 1 amide bonds. The molecule has 0 aliphatic carbocycles. The number of amides is 1. The summed E-state index contributed by atoms with van der Waals surface area (Å²) in [6.07, 6.45) is -5.96. The fraction of sp³-hybridized carbons (Fsp3) is 0.154. The molecular weight excluding hydrogens is 243 g/mol. The summed E-state index contributed by atoms with van der Waals surface area (Å²) in [5.41, 5.74) is 0.364. The highest BCUT2D eigenvalue weighted by molar-refractivity contribution is 5.94. The van der Waals surface area contributed by atoms with Crippen molar-refractivity contribution in [3.8, 4) is 0 Å². The first-order chi connectivity index (χ1) is 8.44. The minimum Gasteiger partial charge on any atom is -0.326 e. The minimum atomic E-state index is -4.49. The molecular formula is C13H10F3NO. The Bertz CT molecular complexity index is 578. The van der Waals surface area contributed by atoms with Gasteiger partial charge in [0.15, 0.2) is 0 Å². The summed E-state index contributed by atoms with van der Waals surface area (Å²) in [5.74, 6) is -1.06. The molecule has 0 bridgehead atoms. The number of alkyl halides is 3.